The van der Waals surface area contributed by atoms with Gasteiger partial charge in [-0.2, -0.15) is 0 Å². The zero-order valence-electron chi connectivity index (χ0n) is 13.4. The number of hydrogen-bond acceptors (Lipinski definition) is 4. The Morgan fingerprint density at radius 2 is 2.00 bits per heavy atom. The lowest BCUT2D eigenvalue weighted by molar-refractivity contribution is -0.127. The Kier molecular flexibility index (Phi) is 4.61. The number of hydrogen-bond donors (Lipinski definition) is 1. The SMILES string of the molecule is CC(=O)NC(C(=O)N(C)c1nc2ccccc2s1)C1CCCC1. The van der Waals surface area contributed by atoms with Crippen LogP contribution >= 0.6 is 11.3 Å². The van der Waals surface area contributed by atoms with Gasteiger partial charge in [0.1, 0.15) is 6.04 Å². The molecule has 0 aliphatic heterocycles. The monoisotopic (exact) mass is 331 g/mol. The topological polar surface area (TPSA) is 62.3 Å². The predicted molar refractivity (Wildman–Crippen MR) is 92.6 cm³/mol. The molecule has 0 bridgehead atoms. The van der Waals surface area contributed by atoms with Crippen LogP contribution in [0.3, 0.4) is 0 Å². The Morgan fingerprint density at radius 3 is 2.65 bits per heavy atom. The minimum atomic E-state index is -0.452. The van der Waals surface area contributed by atoms with Crippen LogP contribution in [-0.2, 0) is 9.59 Å². The zero-order chi connectivity index (χ0) is 16.4. The van der Waals surface area contributed by atoms with Crippen LogP contribution in [-0.4, -0.2) is 29.9 Å². The van der Waals surface area contributed by atoms with Crippen molar-refractivity contribution in [2.24, 2.45) is 5.92 Å². The number of rotatable bonds is 4. The highest BCUT2D eigenvalue weighted by molar-refractivity contribution is 7.22. The number of anilines is 1. The summed E-state index contributed by atoms with van der Waals surface area (Å²) < 4.78 is 1.05. The van der Waals surface area contributed by atoms with E-state index in [0.29, 0.717) is 5.13 Å². The lowest BCUT2D eigenvalue weighted by atomic mass is 9.97. The molecule has 3 rings (SSSR count). The van der Waals surface area contributed by atoms with Crippen molar-refractivity contribution in [3.8, 4) is 0 Å². The van der Waals surface area contributed by atoms with E-state index in [2.05, 4.69) is 10.3 Å². The molecule has 1 unspecified atom stereocenters. The van der Waals surface area contributed by atoms with Crippen LogP contribution in [0.25, 0.3) is 10.2 Å². The quantitative estimate of drug-likeness (QED) is 0.937. The number of nitrogens with one attached hydrogen (secondary N) is 1. The molecule has 1 aromatic heterocycles. The number of carbonyl (C=O) groups is 2. The van der Waals surface area contributed by atoms with Gasteiger partial charge in [-0.1, -0.05) is 36.3 Å². The number of nitrogens with zero attached hydrogens (tertiary/aromatic N) is 2. The maximum absolute atomic E-state index is 12.9. The molecule has 23 heavy (non-hydrogen) atoms. The number of para-hydroxylation sites is 1. The molecule has 2 amide bonds. The summed E-state index contributed by atoms with van der Waals surface area (Å²) in [6.45, 7) is 1.47. The van der Waals surface area contributed by atoms with Gasteiger partial charge in [0.2, 0.25) is 5.91 Å². The maximum atomic E-state index is 12.9. The molecule has 0 radical (unpaired) electrons. The fraction of sp³-hybridized carbons (Fsp3) is 0.471. The molecule has 0 spiro atoms. The van der Waals surface area contributed by atoms with Gasteiger partial charge in [0.05, 0.1) is 10.2 Å². The minimum absolute atomic E-state index is 0.0776. The van der Waals surface area contributed by atoms with E-state index in [9.17, 15) is 9.59 Å². The Bertz CT molecular complexity index is 688. The number of thiazole rings is 1. The third-order valence-corrected chi connectivity index (χ3v) is 5.51. The van der Waals surface area contributed by atoms with Crippen molar-refractivity contribution < 1.29 is 9.59 Å². The van der Waals surface area contributed by atoms with Gasteiger partial charge in [-0.05, 0) is 30.9 Å². The normalized spacial score (nSPS) is 16.4. The molecule has 1 atom stereocenters. The Morgan fingerprint density at radius 1 is 1.30 bits per heavy atom. The van der Waals surface area contributed by atoms with Crippen LogP contribution in [0.1, 0.15) is 32.6 Å². The third-order valence-electron chi connectivity index (χ3n) is 4.40. The second-order valence-corrected chi connectivity index (χ2v) is 7.09. The van der Waals surface area contributed by atoms with Crippen molar-refractivity contribution in [2.75, 3.05) is 11.9 Å². The fourth-order valence-corrected chi connectivity index (χ4v) is 4.13. The zero-order valence-corrected chi connectivity index (χ0v) is 14.2. The first-order chi connectivity index (χ1) is 11.1. The molecule has 1 saturated carbocycles. The standard InChI is InChI=1S/C17H21N3O2S/c1-11(21)18-15(12-7-3-4-8-12)16(22)20(2)17-19-13-9-5-6-10-14(13)23-17/h5-6,9-10,12,15H,3-4,7-8H2,1-2H3,(H,18,21). The second kappa shape index (κ2) is 6.66. The van der Waals surface area contributed by atoms with Crippen molar-refractivity contribution in [1.29, 1.82) is 0 Å². The fourth-order valence-electron chi connectivity index (χ4n) is 3.20. The van der Waals surface area contributed by atoms with Crippen molar-refractivity contribution in [1.82, 2.24) is 10.3 Å². The summed E-state index contributed by atoms with van der Waals surface area (Å²) in [5, 5.41) is 3.52. The lowest BCUT2D eigenvalue weighted by Crippen LogP contribution is -2.50. The molecule has 1 N–H and O–H groups in total. The van der Waals surface area contributed by atoms with E-state index >= 15 is 0 Å². The van der Waals surface area contributed by atoms with Gasteiger partial charge in [0, 0.05) is 14.0 Å². The van der Waals surface area contributed by atoms with E-state index in [1.54, 1.807) is 11.9 Å². The summed E-state index contributed by atoms with van der Waals surface area (Å²) in [7, 11) is 1.74. The predicted octanol–water partition coefficient (Wildman–Crippen LogP) is 2.95. The molecule has 1 aromatic carbocycles. The van der Waals surface area contributed by atoms with Gasteiger partial charge < -0.3 is 5.32 Å². The first kappa shape index (κ1) is 15.9. The van der Waals surface area contributed by atoms with E-state index in [1.807, 2.05) is 24.3 Å². The largest absolute Gasteiger partial charge is 0.344 e. The summed E-state index contributed by atoms with van der Waals surface area (Å²) in [5.74, 6) is -0.0117. The highest BCUT2D eigenvalue weighted by Crippen LogP contribution is 2.31. The van der Waals surface area contributed by atoms with Crippen molar-refractivity contribution in [3.05, 3.63) is 24.3 Å². The van der Waals surface area contributed by atoms with Crippen LogP contribution in [0.5, 0.6) is 0 Å². The number of benzene rings is 1. The van der Waals surface area contributed by atoms with Gasteiger partial charge in [0.15, 0.2) is 5.13 Å². The van der Waals surface area contributed by atoms with Crippen LogP contribution < -0.4 is 10.2 Å². The van der Waals surface area contributed by atoms with Gasteiger partial charge >= 0.3 is 0 Å². The van der Waals surface area contributed by atoms with Gasteiger partial charge in [0.25, 0.3) is 5.91 Å². The molecule has 122 valence electrons. The Labute approximate surface area is 139 Å². The maximum Gasteiger partial charge on any atom is 0.251 e. The molecule has 6 heteroatoms. The number of likely N-dealkylation sites (N-methyl/N-ethyl adjacent to an activating group) is 1. The van der Waals surface area contributed by atoms with Gasteiger partial charge in [-0.15, -0.1) is 0 Å². The number of aromatic nitrogens is 1. The van der Waals surface area contributed by atoms with Crippen LogP contribution in [0.15, 0.2) is 24.3 Å². The van der Waals surface area contributed by atoms with Crippen LogP contribution in [0, 0.1) is 5.92 Å². The van der Waals surface area contributed by atoms with Crippen molar-refractivity contribution in [2.45, 2.75) is 38.6 Å². The first-order valence-corrected chi connectivity index (χ1v) is 8.78. The highest BCUT2D eigenvalue weighted by Gasteiger charge is 2.34. The van der Waals surface area contributed by atoms with E-state index in [1.165, 1.54) is 18.3 Å². The lowest BCUT2D eigenvalue weighted by Gasteiger charge is -2.26. The van der Waals surface area contributed by atoms with Crippen LogP contribution in [0.2, 0.25) is 0 Å². The molecule has 0 saturated heterocycles. The average Bonchev–Trinajstić information content (AvgIpc) is 3.19. The summed E-state index contributed by atoms with van der Waals surface area (Å²) in [5.41, 5.74) is 0.893. The molecule has 1 fully saturated rings. The first-order valence-electron chi connectivity index (χ1n) is 7.96. The smallest absolute Gasteiger partial charge is 0.251 e. The highest BCUT2D eigenvalue weighted by atomic mass is 32.1. The molecule has 2 aromatic rings. The van der Waals surface area contributed by atoms with Gasteiger partial charge in [-0.25, -0.2) is 4.98 Å². The van der Waals surface area contributed by atoms with E-state index in [0.717, 1.165) is 35.9 Å². The Balaban J connectivity index is 1.84. The number of amides is 2. The third kappa shape index (κ3) is 3.37. The minimum Gasteiger partial charge on any atom is -0.344 e. The second-order valence-electron chi connectivity index (χ2n) is 6.08. The summed E-state index contributed by atoms with van der Waals surface area (Å²) in [6, 6.07) is 7.39. The van der Waals surface area contributed by atoms with Crippen molar-refractivity contribution >= 4 is 38.5 Å². The molecule has 1 aliphatic carbocycles. The van der Waals surface area contributed by atoms with Crippen molar-refractivity contribution in [3.63, 3.8) is 0 Å². The molecule has 1 aliphatic rings. The molecular weight excluding hydrogens is 310 g/mol. The van der Waals surface area contributed by atoms with E-state index < -0.39 is 6.04 Å². The molecule has 1 heterocycles. The van der Waals surface area contributed by atoms with Gasteiger partial charge in [-0.3, -0.25) is 14.5 Å². The number of fused-ring (bicyclic) bond motifs is 1. The van der Waals surface area contributed by atoms with Crippen LogP contribution in [0.4, 0.5) is 5.13 Å². The summed E-state index contributed by atoms with van der Waals surface area (Å²) in [6.07, 6.45) is 4.23. The van der Waals surface area contributed by atoms with E-state index in [-0.39, 0.29) is 17.7 Å². The number of carbonyl (C=O) groups excluding carboxylic acids is 2. The molecule has 5 nitrogen and oxygen atoms in total. The summed E-state index contributed by atoms with van der Waals surface area (Å²) in [4.78, 5) is 30.6. The summed E-state index contributed by atoms with van der Waals surface area (Å²) >= 11 is 1.49. The Hall–Kier alpha value is -1.95. The average molecular weight is 331 g/mol. The molecular formula is C17H21N3O2S. The van der Waals surface area contributed by atoms with E-state index in [4.69, 9.17) is 0 Å².